The maximum atomic E-state index is 9.65. The number of hydrogen-bond acceptors (Lipinski definition) is 6. The maximum Gasteiger partial charge on any atom is 0.163 e. The summed E-state index contributed by atoms with van der Waals surface area (Å²) in [5, 5.41) is 38.3. The molecule has 6 nitrogen and oxygen atoms in total. The van der Waals surface area contributed by atoms with Gasteiger partial charge in [0, 0.05) is 6.07 Å². The Balaban J connectivity index is 3.14. The second kappa shape index (κ2) is 5.79. The molecular weight excluding hydrogens is 232 g/mol. The predicted molar refractivity (Wildman–Crippen MR) is 62.1 cm³/mol. The predicted octanol–water partition coefficient (Wildman–Crippen LogP) is 1.64. The van der Waals surface area contributed by atoms with Crippen LogP contribution in [-0.2, 0) is 0 Å². The van der Waals surface area contributed by atoms with Crippen LogP contribution in [0.2, 0.25) is 0 Å². The zero-order valence-electron chi connectivity index (χ0n) is 9.43. The summed E-state index contributed by atoms with van der Waals surface area (Å²) in [6, 6.07) is 9.25. The van der Waals surface area contributed by atoms with Crippen molar-refractivity contribution >= 4 is 5.69 Å². The fourth-order valence-corrected chi connectivity index (χ4v) is 1.16. The van der Waals surface area contributed by atoms with E-state index in [0.29, 0.717) is 5.75 Å². The summed E-state index contributed by atoms with van der Waals surface area (Å²) in [5.41, 5.74) is -0.372. The molecule has 0 heterocycles. The third-order valence-electron chi connectivity index (χ3n) is 2.05. The lowest BCUT2D eigenvalue weighted by Crippen LogP contribution is -2.00. The summed E-state index contributed by atoms with van der Waals surface area (Å²) < 4.78 is 4.90. The Morgan fingerprint density at radius 2 is 1.89 bits per heavy atom. The second-order valence-corrected chi connectivity index (χ2v) is 3.09. The topological polar surface area (TPSA) is 113 Å². The first kappa shape index (κ1) is 12.9. The summed E-state index contributed by atoms with van der Waals surface area (Å²) in [7, 11) is 1.45. The Kier molecular flexibility index (Phi) is 4.15. The van der Waals surface area contributed by atoms with Gasteiger partial charge >= 0.3 is 0 Å². The lowest BCUT2D eigenvalue weighted by atomic mass is 10.2. The highest BCUT2D eigenvalue weighted by molar-refractivity contribution is 5.65. The molecular formula is C12H8N4O2. The van der Waals surface area contributed by atoms with E-state index in [-0.39, 0.29) is 22.7 Å². The molecule has 0 aliphatic carbocycles. The van der Waals surface area contributed by atoms with Gasteiger partial charge in [0.05, 0.1) is 12.8 Å². The van der Waals surface area contributed by atoms with Crippen molar-refractivity contribution in [2.75, 3.05) is 12.4 Å². The van der Waals surface area contributed by atoms with Crippen molar-refractivity contribution in [3.05, 3.63) is 29.5 Å². The third-order valence-corrected chi connectivity index (χ3v) is 2.05. The van der Waals surface area contributed by atoms with Gasteiger partial charge < -0.3 is 15.2 Å². The van der Waals surface area contributed by atoms with Crippen LogP contribution in [0.1, 0.15) is 0 Å². The largest absolute Gasteiger partial charge is 0.506 e. The Hall–Kier alpha value is -3.17. The van der Waals surface area contributed by atoms with Gasteiger partial charge in [0.15, 0.2) is 5.57 Å². The number of phenols is 1. The first-order chi connectivity index (χ1) is 8.65. The minimum atomic E-state index is -0.354. The molecule has 0 unspecified atom stereocenters. The molecule has 0 amide bonds. The van der Waals surface area contributed by atoms with Gasteiger partial charge in [-0.05, 0) is 12.1 Å². The number of ether oxygens (including phenoxy) is 1. The van der Waals surface area contributed by atoms with E-state index in [2.05, 4.69) is 5.32 Å². The maximum absolute atomic E-state index is 9.65. The summed E-state index contributed by atoms with van der Waals surface area (Å²) in [6.07, 6.45) is 0. The molecule has 0 spiro atoms. The lowest BCUT2D eigenvalue weighted by Gasteiger charge is -2.08. The zero-order valence-corrected chi connectivity index (χ0v) is 9.43. The normalized spacial score (nSPS) is 8.33. The Bertz CT molecular complexity index is 598. The van der Waals surface area contributed by atoms with Crippen LogP contribution in [0.5, 0.6) is 11.5 Å². The lowest BCUT2D eigenvalue weighted by molar-refractivity contribution is 0.408. The van der Waals surface area contributed by atoms with Gasteiger partial charge in [-0.3, -0.25) is 0 Å². The molecule has 1 aromatic rings. The first-order valence-corrected chi connectivity index (χ1v) is 4.74. The third kappa shape index (κ3) is 2.69. The van der Waals surface area contributed by atoms with E-state index >= 15 is 0 Å². The van der Waals surface area contributed by atoms with Crippen molar-refractivity contribution in [3.63, 3.8) is 0 Å². The number of benzene rings is 1. The summed E-state index contributed by atoms with van der Waals surface area (Å²) in [4.78, 5) is 0. The Morgan fingerprint density at radius 1 is 1.22 bits per heavy atom. The summed E-state index contributed by atoms with van der Waals surface area (Å²) >= 11 is 0. The Morgan fingerprint density at radius 3 is 2.33 bits per heavy atom. The van der Waals surface area contributed by atoms with Crippen LogP contribution >= 0.6 is 0 Å². The van der Waals surface area contributed by atoms with E-state index < -0.39 is 0 Å². The van der Waals surface area contributed by atoms with Gasteiger partial charge in [-0.1, -0.05) is 0 Å². The Labute approximate surface area is 104 Å². The number of nitriles is 3. The molecule has 1 aromatic carbocycles. The summed E-state index contributed by atoms with van der Waals surface area (Å²) in [5.74, 6) is 0.290. The molecule has 0 radical (unpaired) electrons. The summed E-state index contributed by atoms with van der Waals surface area (Å²) in [6.45, 7) is 0. The molecule has 1 rings (SSSR count). The number of allylic oxidation sites excluding steroid dienone is 2. The molecule has 88 valence electrons. The average molecular weight is 240 g/mol. The van der Waals surface area contributed by atoms with Crippen molar-refractivity contribution in [3.8, 4) is 29.7 Å². The van der Waals surface area contributed by atoms with Gasteiger partial charge in [-0.2, -0.15) is 15.8 Å². The van der Waals surface area contributed by atoms with Crippen LogP contribution < -0.4 is 10.1 Å². The van der Waals surface area contributed by atoms with Crippen LogP contribution in [-0.4, -0.2) is 12.2 Å². The molecule has 0 saturated carbocycles. The van der Waals surface area contributed by atoms with E-state index in [9.17, 15) is 5.11 Å². The van der Waals surface area contributed by atoms with E-state index in [0.717, 1.165) is 0 Å². The van der Waals surface area contributed by atoms with Crippen LogP contribution in [0.15, 0.2) is 29.5 Å². The zero-order chi connectivity index (χ0) is 13.5. The standard InChI is InChI=1S/C12H8N4O2/c1-18-9-2-3-10(12(17)4-9)16-11(7-15)8(5-13)6-14/h2-4,16-17H,1H3. The fourth-order valence-electron chi connectivity index (χ4n) is 1.16. The van der Waals surface area contributed by atoms with Gasteiger partial charge in [0.1, 0.15) is 35.4 Å². The second-order valence-electron chi connectivity index (χ2n) is 3.09. The first-order valence-electron chi connectivity index (χ1n) is 4.74. The molecule has 0 fully saturated rings. The highest BCUT2D eigenvalue weighted by atomic mass is 16.5. The van der Waals surface area contributed by atoms with E-state index in [1.807, 2.05) is 0 Å². The number of hydrogen-bond donors (Lipinski definition) is 2. The number of methoxy groups -OCH3 is 1. The van der Waals surface area contributed by atoms with Crippen molar-refractivity contribution in [2.24, 2.45) is 0 Å². The number of aromatic hydroxyl groups is 1. The molecule has 0 aliphatic heterocycles. The van der Waals surface area contributed by atoms with Crippen LogP contribution in [0, 0.1) is 34.0 Å². The number of rotatable bonds is 3. The molecule has 0 bridgehead atoms. The SMILES string of the molecule is COc1ccc(NC(C#N)=C(C#N)C#N)c(O)c1. The number of anilines is 1. The minimum Gasteiger partial charge on any atom is -0.506 e. The van der Waals surface area contributed by atoms with E-state index in [1.165, 1.54) is 19.2 Å². The van der Waals surface area contributed by atoms with Gasteiger partial charge in [-0.15, -0.1) is 0 Å². The smallest absolute Gasteiger partial charge is 0.163 e. The molecule has 0 aliphatic rings. The van der Waals surface area contributed by atoms with E-state index in [4.69, 9.17) is 20.5 Å². The number of nitrogens with zero attached hydrogens (tertiary/aromatic N) is 3. The molecule has 18 heavy (non-hydrogen) atoms. The molecule has 0 saturated heterocycles. The van der Waals surface area contributed by atoms with Crippen LogP contribution in [0.4, 0.5) is 5.69 Å². The average Bonchev–Trinajstić information content (AvgIpc) is 2.40. The van der Waals surface area contributed by atoms with Gasteiger partial charge in [-0.25, -0.2) is 0 Å². The van der Waals surface area contributed by atoms with Gasteiger partial charge in [0.2, 0.25) is 0 Å². The molecule has 0 aromatic heterocycles. The van der Waals surface area contributed by atoms with Crippen LogP contribution in [0.25, 0.3) is 0 Å². The molecule has 2 N–H and O–H groups in total. The quantitative estimate of drug-likeness (QED) is 0.613. The monoisotopic (exact) mass is 240 g/mol. The number of nitrogens with one attached hydrogen (secondary N) is 1. The highest BCUT2D eigenvalue weighted by Crippen LogP contribution is 2.29. The fraction of sp³-hybridized carbons (Fsp3) is 0.0833. The van der Waals surface area contributed by atoms with E-state index in [1.54, 1.807) is 24.3 Å². The van der Waals surface area contributed by atoms with Crippen molar-refractivity contribution in [2.45, 2.75) is 0 Å². The molecule has 0 atom stereocenters. The van der Waals surface area contributed by atoms with Gasteiger partial charge in [0.25, 0.3) is 0 Å². The molecule has 6 heteroatoms. The minimum absolute atomic E-state index is 0.155. The van der Waals surface area contributed by atoms with Crippen molar-refractivity contribution in [1.82, 2.24) is 0 Å². The van der Waals surface area contributed by atoms with Crippen LogP contribution in [0.3, 0.4) is 0 Å². The van der Waals surface area contributed by atoms with Crippen molar-refractivity contribution < 1.29 is 9.84 Å². The highest BCUT2D eigenvalue weighted by Gasteiger charge is 2.09. The van der Waals surface area contributed by atoms with Crippen molar-refractivity contribution in [1.29, 1.82) is 15.8 Å². The number of phenolic OH excluding ortho intramolecular Hbond substituents is 1.